The topological polar surface area (TPSA) is 20.7 Å². The van der Waals surface area contributed by atoms with E-state index in [1.165, 1.54) is 81.6 Å². The first-order valence-electron chi connectivity index (χ1n) is 13.1. The summed E-state index contributed by atoms with van der Waals surface area (Å²) in [4.78, 5) is 3.79. The SMILES string of the molecule is c1ccc(-n2c3ccccc3c3c4ccccc4c4c5c6ccccc6[nH]c5c5ccccc5c4c32)cc1. The second kappa shape index (κ2) is 7.24. The van der Waals surface area contributed by atoms with Crippen LogP contribution in [0.15, 0.2) is 127 Å². The maximum Gasteiger partial charge on any atom is 0.0632 e. The van der Waals surface area contributed by atoms with Crippen molar-refractivity contribution in [1.82, 2.24) is 9.55 Å². The predicted molar refractivity (Wildman–Crippen MR) is 163 cm³/mol. The maximum absolute atomic E-state index is 3.79. The quantitative estimate of drug-likeness (QED) is 0.225. The molecule has 0 atom stereocenters. The van der Waals surface area contributed by atoms with Gasteiger partial charge >= 0.3 is 0 Å². The zero-order valence-electron chi connectivity index (χ0n) is 20.6. The normalized spacial score (nSPS) is 12.2. The third-order valence-corrected chi connectivity index (χ3v) is 8.26. The van der Waals surface area contributed by atoms with Gasteiger partial charge in [-0.2, -0.15) is 0 Å². The third-order valence-electron chi connectivity index (χ3n) is 8.26. The van der Waals surface area contributed by atoms with Crippen molar-refractivity contribution in [1.29, 1.82) is 0 Å². The van der Waals surface area contributed by atoms with Gasteiger partial charge in [0.15, 0.2) is 0 Å². The Labute approximate surface area is 218 Å². The number of H-pyrrole nitrogens is 1. The van der Waals surface area contributed by atoms with E-state index in [1.54, 1.807) is 0 Å². The largest absolute Gasteiger partial charge is 0.354 e. The Balaban J connectivity index is 1.74. The van der Waals surface area contributed by atoms with Gasteiger partial charge in [0.25, 0.3) is 0 Å². The smallest absolute Gasteiger partial charge is 0.0632 e. The lowest BCUT2D eigenvalue weighted by Crippen LogP contribution is -1.95. The van der Waals surface area contributed by atoms with E-state index in [2.05, 4.69) is 137 Å². The summed E-state index contributed by atoms with van der Waals surface area (Å²) in [5.74, 6) is 0. The molecule has 7 aromatic carbocycles. The number of aromatic nitrogens is 2. The molecule has 0 fully saturated rings. The average Bonchev–Trinajstić information content (AvgIpc) is 3.54. The van der Waals surface area contributed by atoms with Crippen molar-refractivity contribution in [2.75, 3.05) is 0 Å². The molecule has 0 saturated heterocycles. The highest BCUT2D eigenvalue weighted by Gasteiger charge is 2.23. The van der Waals surface area contributed by atoms with Crippen molar-refractivity contribution in [3.05, 3.63) is 127 Å². The first-order chi connectivity index (χ1) is 18.9. The van der Waals surface area contributed by atoms with Gasteiger partial charge in [-0.05, 0) is 40.4 Å². The van der Waals surface area contributed by atoms with Gasteiger partial charge in [-0.1, -0.05) is 103 Å². The molecule has 0 aliphatic heterocycles. The van der Waals surface area contributed by atoms with E-state index in [-0.39, 0.29) is 0 Å². The minimum Gasteiger partial charge on any atom is -0.354 e. The fourth-order valence-electron chi connectivity index (χ4n) is 6.81. The lowest BCUT2D eigenvalue weighted by Gasteiger charge is -2.16. The van der Waals surface area contributed by atoms with Crippen molar-refractivity contribution >= 4 is 75.9 Å². The lowest BCUT2D eigenvalue weighted by atomic mass is 9.90. The van der Waals surface area contributed by atoms with Crippen molar-refractivity contribution < 1.29 is 0 Å². The molecule has 2 aromatic heterocycles. The molecule has 9 rings (SSSR count). The molecule has 9 aromatic rings. The minimum absolute atomic E-state index is 1.17. The van der Waals surface area contributed by atoms with Crippen LogP contribution >= 0.6 is 0 Å². The average molecular weight is 483 g/mol. The van der Waals surface area contributed by atoms with E-state index in [9.17, 15) is 0 Å². The number of fused-ring (bicyclic) bond motifs is 15. The maximum atomic E-state index is 3.79. The highest BCUT2D eigenvalue weighted by Crippen LogP contribution is 2.48. The first kappa shape index (κ1) is 20.0. The van der Waals surface area contributed by atoms with E-state index in [0.29, 0.717) is 0 Å². The van der Waals surface area contributed by atoms with E-state index in [1.807, 2.05) is 0 Å². The second-order valence-electron chi connectivity index (χ2n) is 10.2. The molecule has 176 valence electrons. The van der Waals surface area contributed by atoms with Crippen LogP contribution in [0, 0.1) is 0 Å². The van der Waals surface area contributed by atoms with Gasteiger partial charge in [-0.15, -0.1) is 0 Å². The molecule has 0 bridgehead atoms. The molecule has 0 amide bonds. The first-order valence-corrected chi connectivity index (χ1v) is 13.1. The molecule has 2 nitrogen and oxygen atoms in total. The molecule has 0 aliphatic rings. The van der Waals surface area contributed by atoms with E-state index in [0.717, 1.165) is 0 Å². The molecule has 0 aliphatic carbocycles. The van der Waals surface area contributed by atoms with Gasteiger partial charge < -0.3 is 9.55 Å². The molecule has 0 spiro atoms. The Morgan fingerprint density at radius 3 is 1.71 bits per heavy atom. The summed E-state index contributed by atoms with van der Waals surface area (Å²) < 4.78 is 2.48. The molecule has 0 radical (unpaired) electrons. The van der Waals surface area contributed by atoms with Crippen LogP contribution in [0.5, 0.6) is 0 Å². The van der Waals surface area contributed by atoms with Crippen LogP contribution in [0.1, 0.15) is 0 Å². The Morgan fingerprint density at radius 2 is 0.947 bits per heavy atom. The lowest BCUT2D eigenvalue weighted by molar-refractivity contribution is 1.19. The molecule has 38 heavy (non-hydrogen) atoms. The van der Waals surface area contributed by atoms with Gasteiger partial charge in [0.2, 0.25) is 0 Å². The summed E-state index contributed by atoms with van der Waals surface area (Å²) in [6.07, 6.45) is 0. The predicted octanol–water partition coefficient (Wildman–Crippen LogP) is 9.88. The highest BCUT2D eigenvalue weighted by atomic mass is 15.0. The van der Waals surface area contributed by atoms with Crippen LogP contribution in [0.2, 0.25) is 0 Å². The second-order valence-corrected chi connectivity index (χ2v) is 10.2. The number of aromatic amines is 1. The number of nitrogens with zero attached hydrogens (tertiary/aromatic N) is 1. The Morgan fingerprint density at radius 1 is 0.395 bits per heavy atom. The van der Waals surface area contributed by atoms with E-state index in [4.69, 9.17) is 0 Å². The fraction of sp³-hybridized carbons (Fsp3) is 0. The molecule has 0 saturated carbocycles. The van der Waals surface area contributed by atoms with Crippen molar-refractivity contribution in [3.63, 3.8) is 0 Å². The van der Waals surface area contributed by atoms with Gasteiger partial charge in [-0.3, -0.25) is 0 Å². The summed E-state index contributed by atoms with van der Waals surface area (Å²) in [5.41, 5.74) is 6.07. The zero-order chi connectivity index (χ0) is 24.8. The van der Waals surface area contributed by atoms with Crippen molar-refractivity contribution in [3.8, 4) is 5.69 Å². The molecule has 2 heterocycles. The summed E-state index contributed by atoms with van der Waals surface area (Å²) in [6.45, 7) is 0. The summed E-state index contributed by atoms with van der Waals surface area (Å²) in [6, 6.07) is 46.2. The molecular formula is C36H22N2. The van der Waals surface area contributed by atoms with Gasteiger partial charge in [0.1, 0.15) is 0 Å². The molecule has 2 heteroatoms. The van der Waals surface area contributed by atoms with Crippen LogP contribution < -0.4 is 0 Å². The summed E-state index contributed by atoms with van der Waals surface area (Å²) in [5, 5.41) is 12.9. The minimum atomic E-state index is 1.17. The number of para-hydroxylation sites is 3. The number of hydrogen-bond donors (Lipinski definition) is 1. The molecule has 1 N–H and O–H groups in total. The van der Waals surface area contributed by atoms with E-state index < -0.39 is 0 Å². The molecule has 0 unspecified atom stereocenters. The summed E-state index contributed by atoms with van der Waals surface area (Å²) >= 11 is 0. The molecular weight excluding hydrogens is 460 g/mol. The zero-order valence-corrected chi connectivity index (χ0v) is 20.6. The van der Waals surface area contributed by atoms with Gasteiger partial charge in [0, 0.05) is 48.9 Å². The standard InChI is InChI=1S/C36H22N2/c1-2-12-22(13-3-1)38-30-21-11-9-19-28(30)31-23-14-4-5-15-24(23)32-33-27-18-8-10-20-29(27)37-35(33)26-17-7-6-16-25(26)34(32)36(31)38/h1-21,37H. The van der Waals surface area contributed by atoms with Crippen LogP contribution in [0.3, 0.4) is 0 Å². The monoisotopic (exact) mass is 482 g/mol. The number of benzene rings is 7. The fourth-order valence-corrected chi connectivity index (χ4v) is 6.81. The highest BCUT2D eigenvalue weighted by molar-refractivity contribution is 6.44. The number of rotatable bonds is 1. The Bertz CT molecular complexity index is 2390. The van der Waals surface area contributed by atoms with Gasteiger partial charge in [-0.25, -0.2) is 0 Å². The van der Waals surface area contributed by atoms with Crippen LogP contribution in [-0.2, 0) is 0 Å². The van der Waals surface area contributed by atoms with Crippen molar-refractivity contribution in [2.24, 2.45) is 0 Å². The summed E-state index contributed by atoms with van der Waals surface area (Å²) in [7, 11) is 0. The van der Waals surface area contributed by atoms with E-state index >= 15 is 0 Å². The van der Waals surface area contributed by atoms with Gasteiger partial charge in [0.05, 0.1) is 16.6 Å². The number of hydrogen-bond acceptors (Lipinski definition) is 0. The Kier molecular flexibility index (Phi) is 3.82. The third kappa shape index (κ3) is 2.42. The van der Waals surface area contributed by atoms with Crippen LogP contribution in [-0.4, -0.2) is 9.55 Å². The Hall–Kier alpha value is -5.08. The van der Waals surface area contributed by atoms with Crippen LogP contribution in [0.25, 0.3) is 81.6 Å². The van der Waals surface area contributed by atoms with Crippen LogP contribution in [0.4, 0.5) is 0 Å². The van der Waals surface area contributed by atoms with Crippen molar-refractivity contribution in [2.45, 2.75) is 0 Å². The number of nitrogens with one attached hydrogen (secondary N) is 1.